The maximum Gasteiger partial charge on any atom is 0.408 e. The predicted octanol–water partition coefficient (Wildman–Crippen LogP) is 2.72. The number of ketones is 1. The molecule has 0 aliphatic heterocycles. The van der Waals surface area contributed by atoms with Gasteiger partial charge in [0, 0.05) is 12.0 Å². The Morgan fingerprint density at radius 2 is 1.74 bits per heavy atom. The Kier molecular flexibility index (Phi) is 6.75. The van der Waals surface area contributed by atoms with Crippen LogP contribution < -0.4 is 5.32 Å². The van der Waals surface area contributed by atoms with Gasteiger partial charge in [0.1, 0.15) is 11.6 Å². The number of nitrogens with one attached hydrogen (secondary N) is 1. The molecule has 6 nitrogen and oxygen atoms in total. The van der Waals surface area contributed by atoms with Gasteiger partial charge in [-0.3, -0.25) is 4.79 Å². The van der Waals surface area contributed by atoms with Crippen LogP contribution >= 0.6 is 0 Å². The molecule has 1 aromatic rings. The summed E-state index contributed by atoms with van der Waals surface area (Å²) in [4.78, 5) is 35.6. The van der Waals surface area contributed by atoms with Gasteiger partial charge in [-0.25, -0.2) is 9.59 Å². The Balaban J connectivity index is 2.63. The molecule has 0 bridgehead atoms. The molecule has 0 heterocycles. The van der Waals surface area contributed by atoms with E-state index >= 15 is 0 Å². The summed E-state index contributed by atoms with van der Waals surface area (Å²) in [7, 11) is 1.23. The van der Waals surface area contributed by atoms with Gasteiger partial charge >= 0.3 is 12.1 Å². The molecule has 1 aromatic carbocycles. The molecule has 0 saturated heterocycles. The minimum Gasteiger partial charge on any atom is -0.467 e. The lowest BCUT2D eigenvalue weighted by Crippen LogP contribution is -2.44. The van der Waals surface area contributed by atoms with Crippen LogP contribution in [0.5, 0.6) is 0 Å². The number of ether oxygens (including phenoxy) is 2. The third-order valence-corrected chi connectivity index (χ3v) is 2.93. The fraction of sp³-hybridized carbons (Fsp3) is 0.471. The molecule has 0 aromatic heterocycles. The Hall–Kier alpha value is -2.37. The van der Waals surface area contributed by atoms with Crippen molar-refractivity contribution in [1.29, 1.82) is 0 Å². The number of Topliss-reactive ketones (excluding diaryl/α,β-unsaturated/α-hetero) is 1. The number of methoxy groups -OCH3 is 1. The van der Waals surface area contributed by atoms with E-state index in [1.807, 2.05) is 6.07 Å². The number of hydrogen-bond acceptors (Lipinski definition) is 5. The van der Waals surface area contributed by atoms with Crippen LogP contribution in [0.2, 0.25) is 0 Å². The van der Waals surface area contributed by atoms with Crippen molar-refractivity contribution in [1.82, 2.24) is 5.32 Å². The van der Waals surface area contributed by atoms with Gasteiger partial charge in [0.25, 0.3) is 0 Å². The van der Waals surface area contributed by atoms with Crippen LogP contribution in [0.3, 0.4) is 0 Å². The number of carbonyl (C=O) groups excluding carboxylic acids is 3. The highest BCUT2D eigenvalue weighted by molar-refractivity contribution is 5.96. The zero-order chi connectivity index (χ0) is 17.5. The van der Waals surface area contributed by atoms with Crippen LogP contribution in [0.4, 0.5) is 4.79 Å². The van der Waals surface area contributed by atoms with Crippen molar-refractivity contribution in [3.8, 4) is 0 Å². The Morgan fingerprint density at radius 3 is 2.26 bits per heavy atom. The number of alkyl carbamates (subject to hydrolysis) is 1. The van der Waals surface area contributed by atoms with Gasteiger partial charge in [-0.1, -0.05) is 30.3 Å². The van der Waals surface area contributed by atoms with Gasteiger partial charge in [-0.2, -0.15) is 0 Å². The first kappa shape index (κ1) is 18.7. The highest BCUT2D eigenvalue weighted by Crippen LogP contribution is 2.10. The summed E-state index contributed by atoms with van der Waals surface area (Å²) in [6.45, 7) is 5.16. The summed E-state index contributed by atoms with van der Waals surface area (Å²) in [6.07, 6.45) is -0.473. The van der Waals surface area contributed by atoms with E-state index in [-0.39, 0.29) is 18.6 Å². The number of benzene rings is 1. The summed E-state index contributed by atoms with van der Waals surface area (Å²) >= 11 is 0. The number of carbonyl (C=O) groups is 3. The van der Waals surface area contributed by atoms with E-state index in [1.165, 1.54) is 7.11 Å². The van der Waals surface area contributed by atoms with E-state index in [9.17, 15) is 14.4 Å². The molecule has 0 unspecified atom stereocenters. The van der Waals surface area contributed by atoms with Crippen LogP contribution in [0, 0.1) is 0 Å². The van der Waals surface area contributed by atoms with Crippen LogP contribution in [0.1, 0.15) is 44.0 Å². The standard InChI is InChI=1S/C17H23NO5/c1-17(2,3)23-16(21)18-13(15(20)22-4)10-11-14(19)12-8-6-5-7-9-12/h5-9,13H,10-11H2,1-4H3,(H,18,21)/t13-/m1/s1. The number of esters is 1. The minimum atomic E-state index is -0.928. The molecule has 126 valence electrons. The van der Waals surface area contributed by atoms with E-state index in [0.717, 1.165) is 0 Å². The largest absolute Gasteiger partial charge is 0.467 e. The lowest BCUT2D eigenvalue weighted by molar-refractivity contribution is -0.143. The van der Waals surface area contributed by atoms with Crippen molar-refractivity contribution in [2.45, 2.75) is 45.3 Å². The average molecular weight is 321 g/mol. The summed E-state index contributed by atoms with van der Waals surface area (Å²) in [5.41, 5.74) is -0.113. The first-order valence-electron chi connectivity index (χ1n) is 7.38. The van der Waals surface area contributed by atoms with Gasteiger partial charge in [-0.15, -0.1) is 0 Å². The number of hydrogen-bond donors (Lipinski definition) is 1. The third-order valence-electron chi connectivity index (χ3n) is 2.93. The molecule has 0 saturated carbocycles. The molecule has 0 aliphatic rings. The van der Waals surface area contributed by atoms with Gasteiger partial charge in [-0.05, 0) is 27.2 Å². The topological polar surface area (TPSA) is 81.7 Å². The number of amides is 1. The SMILES string of the molecule is COC(=O)[C@@H](CCC(=O)c1ccccc1)NC(=O)OC(C)(C)C. The second kappa shape index (κ2) is 8.31. The highest BCUT2D eigenvalue weighted by Gasteiger charge is 2.25. The zero-order valence-corrected chi connectivity index (χ0v) is 13.9. The summed E-state index contributed by atoms with van der Waals surface area (Å²) < 4.78 is 9.77. The zero-order valence-electron chi connectivity index (χ0n) is 13.9. The second-order valence-electron chi connectivity index (χ2n) is 6.05. The lowest BCUT2D eigenvalue weighted by Gasteiger charge is -2.22. The Labute approximate surface area is 136 Å². The smallest absolute Gasteiger partial charge is 0.408 e. The molecule has 0 radical (unpaired) electrons. The first-order valence-corrected chi connectivity index (χ1v) is 7.38. The van der Waals surface area contributed by atoms with Gasteiger partial charge < -0.3 is 14.8 Å². The molecule has 23 heavy (non-hydrogen) atoms. The van der Waals surface area contributed by atoms with Crippen LogP contribution in [0.25, 0.3) is 0 Å². The molecule has 0 aliphatic carbocycles. The Morgan fingerprint density at radius 1 is 1.13 bits per heavy atom. The van der Waals surface area contributed by atoms with Gasteiger partial charge in [0.05, 0.1) is 7.11 Å². The highest BCUT2D eigenvalue weighted by atomic mass is 16.6. The molecular formula is C17H23NO5. The van der Waals surface area contributed by atoms with Crippen LogP contribution in [0.15, 0.2) is 30.3 Å². The lowest BCUT2D eigenvalue weighted by atomic mass is 10.0. The first-order chi connectivity index (χ1) is 10.7. The molecular weight excluding hydrogens is 298 g/mol. The van der Waals surface area contributed by atoms with Gasteiger partial charge in [0.15, 0.2) is 5.78 Å². The summed E-state index contributed by atoms with van der Waals surface area (Å²) in [6, 6.07) is 7.84. The fourth-order valence-corrected chi connectivity index (χ4v) is 1.88. The number of rotatable bonds is 6. The normalized spacial score (nSPS) is 12.2. The molecule has 6 heteroatoms. The van der Waals surface area contributed by atoms with E-state index in [1.54, 1.807) is 45.0 Å². The Bertz CT molecular complexity index is 548. The van der Waals surface area contributed by atoms with Crippen molar-refractivity contribution >= 4 is 17.8 Å². The minimum absolute atomic E-state index is 0.106. The molecule has 0 spiro atoms. The van der Waals surface area contributed by atoms with Crippen molar-refractivity contribution in [2.75, 3.05) is 7.11 Å². The molecule has 1 N–H and O–H groups in total. The fourth-order valence-electron chi connectivity index (χ4n) is 1.88. The van der Waals surface area contributed by atoms with E-state index in [0.29, 0.717) is 5.56 Å². The van der Waals surface area contributed by atoms with Crippen LogP contribution in [-0.4, -0.2) is 36.6 Å². The molecule has 1 atom stereocenters. The maximum absolute atomic E-state index is 12.1. The van der Waals surface area contributed by atoms with E-state index < -0.39 is 23.7 Å². The van der Waals surface area contributed by atoms with E-state index in [4.69, 9.17) is 4.74 Å². The van der Waals surface area contributed by atoms with Crippen molar-refractivity contribution in [2.24, 2.45) is 0 Å². The van der Waals surface area contributed by atoms with Crippen LogP contribution in [-0.2, 0) is 14.3 Å². The maximum atomic E-state index is 12.1. The van der Waals surface area contributed by atoms with Crippen molar-refractivity contribution in [3.63, 3.8) is 0 Å². The average Bonchev–Trinajstić information content (AvgIpc) is 2.49. The monoisotopic (exact) mass is 321 g/mol. The second-order valence-corrected chi connectivity index (χ2v) is 6.05. The summed E-state index contributed by atoms with van der Waals surface area (Å²) in [5, 5.41) is 2.44. The predicted molar refractivity (Wildman–Crippen MR) is 85.2 cm³/mol. The summed E-state index contributed by atoms with van der Waals surface area (Å²) in [5.74, 6) is -0.720. The quantitative estimate of drug-likeness (QED) is 0.643. The van der Waals surface area contributed by atoms with Gasteiger partial charge in [0.2, 0.25) is 0 Å². The van der Waals surface area contributed by atoms with Crippen molar-refractivity contribution < 1.29 is 23.9 Å². The van der Waals surface area contributed by atoms with Crippen molar-refractivity contribution in [3.05, 3.63) is 35.9 Å². The molecule has 1 rings (SSSR count). The molecule has 0 fully saturated rings. The molecule has 1 amide bonds. The third kappa shape index (κ3) is 6.95. The van der Waals surface area contributed by atoms with E-state index in [2.05, 4.69) is 10.1 Å².